The number of rotatable bonds is 10. The molecule has 14 heteroatoms. The van der Waals surface area contributed by atoms with Crippen LogP contribution in [0.25, 0.3) is 10.2 Å². The van der Waals surface area contributed by atoms with Gasteiger partial charge in [-0.25, -0.2) is 9.78 Å². The van der Waals surface area contributed by atoms with E-state index in [1.54, 1.807) is 39.1 Å². The molecule has 2 saturated heterocycles. The summed E-state index contributed by atoms with van der Waals surface area (Å²) in [6.07, 6.45) is 1.32. The van der Waals surface area contributed by atoms with Gasteiger partial charge in [0.2, 0.25) is 11.8 Å². The number of hydrazine groups is 1. The Morgan fingerprint density at radius 1 is 1.10 bits per heavy atom. The molecule has 0 aliphatic carbocycles. The number of amides is 4. The van der Waals surface area contributed by atoms with Crippen molar-refractivity contribution >= 4 is 73.4 Å². The summed E-state index contributed by atoms with van der Waals surface area (Å²) in [7, 11) is 3.93. The molecule has 1 aromatic heterocycles. The minimum Gasteiger partial charge on any atom is -0.378 e. The number of nitrogen functional groups attached to an aromatic ring is 1. The van der Waals surface area contributed by atoms with Gasteiger partial charge in [-0.1, -0.05) is 70.9 Å². The molecule has 0 unspecified atom stereocenters. The molecule has 0 spiro atoms. The first-order valence-electron chi connectivity index (χ1n) is 15.4. The molecular formula is C34H36Cl2N8O3S. The van der Waals surface area contributed by atoms with Crippen molar-refractivity contribution < 1.29 is 14.4 Å². The summed E-state index contributed by atoms with van der Waals surface area (Å²) < 4.78 is 0.932. The number of aromatic nitrogens is 1. The first-order valence-corrected chi connectivity index (χ1v) is 17.0. The molecule has 4 aromatic rings. The maximum atomic E-state index is 14.3. The minimum atomic E-state index is -0.781. The highest BCUT2D eigenvalue weighted by atomic mass is 35.5. The number of hydrogen-bond acceptors (Lipinski definition) is 8. The Bertz CT molecular complexity index is 1870. The average Bonchev–Trinajstić information content (AvgIpc) is 3.61. The van der Waals surface area contributed by atoms with E-state index in [9.17, 15) is 14.4 Å². The van der Waals surface area contributed by atoms with Crippen LogP contribution < -0.4 is 16.0 Å². The standard InChI is InChI=1S/C34H36Cl2N8O3S/c1-4-14-42(34(47)38-17-22-10-13-25(35)26(36)15-22)43-20-30(45)44-27(16-21-8-11-24(12-9-21)40(2)3)32(46)41(19-29(43)44)18-23-6-5-7-28-31(23)39-33(37)48-28/h4-13,15,27,29H,1,14,16-20H2,2-3H3,(H2,37,39)(H,38,47)/t27-,29+/m0/s1. The van der Waals surface area contributed by atoms with Crippen LogP contribution in [-0.4, -0.2) is 88.6 Å². The number of para-hydroxylation sites is 1. The second kappa shape index (κ2) is 14.0. The zero-order valence-corrected chi connectivity index (χ0v) is 28.9. The van der Waals surface area contributed by atoms with Crippen LogP contribution >= 0.6 is 34.5 Å². The lowest BCUT2D eigenvalue weighted by Crippen LogP contribution is -2.66. The third-order valence-electron chi connectivity index (χ3n) is 8.60. The Balaban J connectivity index is 1.31. The highest BCUT2D eigenvalue weighted by Gasteiger charge is 2.52. The smallest absolute Gasteiger partial charge is 0.332 e. The van der Waals surface area contributed by atoms with Crippen LogP contribution in [0, 0.1) is 0 Å². The number of hydrogen-bond donors (Lipinski definition) is 2. The van der Waals surface area contributed by atoms with Gasteiger partial charge in [0.15, 0.2) is 5.13 Å². The number of thiazole rings is 1. The van der Waals surface area contributed by atoms with Crippen molar-refractivity contribution in [1.82, 2.24) is 30.1 Å². The lowest BCUT2D eigenvalue weighted by molar-refractivity contribution is -0.157. The molecule has 250 valence electrons. The predicted octanol–water partition coefficient (Wildman–Crippen LogP) is 4.99. The first kappa shape index (κ1) is 33.5. The van der Waals surface area contributed by atoms with Gasteiger partial charge in [-0.15, -0.1) is 6.58 Å². The van der Waals surface area contributed by atoms with Crippen LogP contribution in [0.3, 0.4) is 0 Å². The van der Waals surface area contributed by atoms with E-state index in [1.165, 1.54) is 16.3 Å². The zero-order valence-electron chi connectivity index (χ0n) is 26.6. The number of anilines is 2. The van der Waals surface area contributed by atoms with Crippen molar-refractivity contribution in [2.45, 2.75) is 31.7 Å². The molecular weight excluding hydrogens is 671 g/mol. The van der Waals surface area contributed by atoms with E-state index < -0.39 is 18.2 Å². The second-order valence-electron chi connectivity index (χ2n) is 12.0. The average molecular weight is 708 g/mol. The third-order valence-corrected chi connectivity index (χ3v) is 10.2. The number of fused-ring (bicyclic) bond motifs is 2. The highest BCUT2D eigenvalue weighted by molar-refractivity contribution is 7.22. The Labute approximate surface area is 293 Å². The number of halogens is 2. The largest absolute Gasteiger partial charge is 0.378 e. The molecule has 11 nitrogen and oxygen atoms in total. The van der Waals surface area contributed by atoms with Crippen LogP contribution in [0.4, 0.5) is 15.6 Å². The molecule has 2 aliphatic heterocycles. The maximum Gasteiger partial charge on any atom is 0.332 e. The number of nitrogens with zero attached hydrogens (tertiary/aromatic N) is 6. The third kappa shape index (κ3) is 6.79. The van der Waals surface area contributed by atoms with Gasteiger partial charge < -0.3 is 25.8 Å². The highest BCUT2D eigenvalue weighted by Crippen LogP contribution is 2.33. The fourth-order valence-corrected chi connectivity index (χ4v) is 7.35. The van der Waals surface area contributed by atoms with E-state index in [1.807, 2.05) is 61.5 Å². The Morgan fingerprint density at radius 3 is 2.56 bits per heavy atom. The summed E-state index contributed by atoms with van der Waals surface area (Å²) >= 11 is 13.6. The summed E-state index contributed by atoms with van der Waals surface area (Å²) in [4.78, 5) is 51.8. The van der Waals surface area contributed by atoms with Crippen molar-refractivity contribution in [3.8, 4) is 0 Å². The molecule has 4 amide bonds. The molecule has 0 bridgehead atoms. The summed E-state index contributed by atoms with van der Waals surface area (Å²) in [5.74, 6) is -0.402. The van der Waals surface area contributed by atoms with E-state index in [2.05, 4.69) is 16.9 Å². The molecule has 2 aliphatic rings. The van der Waals surface area contributed by atoms with Gasteiger partial charge in [-0.3, -0.25) is 14.6 Å². The van der Waals surface area contributed by atoms with E-state index in [4.69, 9.17) is 28.9 Å². The number of urea groups is 1. The van der Waals surface area contributed by atoms with Gasteiger partial charge in [-0.2, -0.15) is 5.01 Å². The van der Waals surface area contributed by atoms with Gasteiger partial charge in [-0.05, 0) is 47.0 Å². The maximum absolute atomic E-state index is 14.3. The molecule has 0 radical (unpaired) electrons. The normalized spacial score (nSPS) is 17.9. The van der Waals surface area contributed by atoms with Gasteiger partial charge in [0.05, 0.1) is 39.9 Å². The van der Waals surface area contributed by atoms with Gasteiger partial charge >= 0.3 is 6.03 Å². The molecule has 0 saturated carbocycles. The number of carbonyl (C=O) groups is 3. The number of piperazine rings is 1. The van der Waals surface area contributed by atoms with E-state index >= 15 is 0 Å². The number of benzene rings is 3. The van der Waals surface area contributed by atoms with Gasteiger partial charge in [0.25, 0.3) is 0 Å². The number of nitrogens with two attached hydrogens (primary N) is 1. The molecule has 3 N–H and O–H groups in total. The summed E-state index contributed by atoms with van der Waals surface area (Å²) in [6.45, 7) is 4.57. The monoisotopic (exact) mass is 706 g/mol. The summed E-state index contributed by atoms with van der Waals surface area (Å²) in [5.41, 5.74) is 10.4. The van der Waals surface area contributed by atoms with Crippen LogP contribution in [0.15, 0.2) is 73.3 Å². The van der Waals surface area contributed by atoms with Crippen LogP contribution in [0.1, 0.15) is 16.7 Å². The molecule has 6 rings (SSSR count). The molecule has 3 aromatic carbocycles. The first-order chi connectivity index (χ1) is 23.0. The Hall–Kier alpha value is -4.36. The molecule has 2 fully saturated rings. The minimum absolute atomic E-state index is 0.0753. The van der Waals surface area contributed by atoms with E-state index in [-0.39, 0.29) is 44.5 Å². The van der Waals surface area contributed by atoms with Crippen LogP contribution in [0.5, 0.6) is 0 Å². The van der Waals surface area contributed by atoms with Crippen LogP contribution in [-0.2, 0) is 29.1 Å². The summed E-state index contributed by atoms with van der Waals surface area (Å²) in [6, 6.07) is 17.7. The lowest BCUT2D eigenvalue weighted by atomic mass is 9.99. The quantitative estimate of drug-likeness (QED) is 0.223. The van der Waals surface area contributed by atoms with Crippen molar-refractivity contribution in [1.29, 1.82) is 0 Å². The van der Waals surface area contributed by atoms with Crippen molar-refractivity contribution in [2.24, 2.45) is 0 Å². The lowest BCUT2D eigenvalue weighted by Gasteiger charge is -2.46. The SMILES string of the molecule is C=CCN(C(=O)NCc1ccc(Cl)c(Cl)c1)N1CC(=O)N2[C@@H](Cc3ccc(N(C)C)cc3)C(=O)N(Cc3cccc4sc(N)nc34)C[C@@H]21. The zero-order chi connectivity index (χ0) is 34.1. The fourth-order valence-electron chi connectivity index (χ4n) is 6.24. The fraction of sp³-hybridized carbons (Fsp3) is 0.294. The van der Waals surface area contributed by atoms with Crippen LogP contribution in [0.2, 0.25) is 10.0 Å². The molecule has 48 heavy (non-hydrogen) atoms. The van der Waals surface area contributed by atoms with Gasteiger partial charge in [0, 0.05) is 39.3 Å². The van der Waals surface area contributed by atoms with E-state index in [0.29, 0.717) is 21.6 Å². The summed E-state index contributed by atoms with van der Waals surface area (Å²) in [5, 5.41) is 7.40. The van der Waals surface area contributed by atoms with Gasteiger partial charge in [0.1, 0.15) is 12.2 Å². The molecule has 2 atom stereocenters. The molecule has 3 heterocycles. The second-order valence-corrected chi connectivity index (χ2v) is 13.8. The Morgan fingerprint density at radius 2 is 1.85 bits per heavy atom. The Kier molecular flexibility index (Phi) is 9.79. The van der Waals surface area contributed by atoms with E-state index in [0.717, 1.165) is 32.6 Å². The van der Waals surface area contributed by atoms with Crippen molar-refractivity contribution in [3.63, 3.8) is 0 Å². The topological polar surface area (TPSA) is 118 Å². The number of nitrogens with one attached hydrogen (secondary N) is 1. The van der Waals surface area contributed by atoms with Crippen molar-refractivity contribution in [3.05, 3.63) is 100 Å². The predicted molar refractivity (Wildman–Crippen MR) is 191 cm³/mol. The van der Waals surface area contributed by atoms with Crippen molar-refractivity contribution in [2.75, 3.05) is 44.4 Å². The number of carbonyl (C=O) groups excluding carboxylic acids is 3.